The molecule has 1 aromatic rings. The van der Waals surface area contributed by atoms with E-state index in [1.165, 1.54) is 11.8 Å². The summed E-state index contributed by atoms with van der Waals surface area (Å²) in [6, 6.07) is 2.21. The van der Waals surface area contributed by atoms with Crippen molar-refractivity contribution >= 4 is 23.4 Å². The number of nitrogen functional groups attached to an aromatic ring is 1. The molecule has 1 unspecified atom stereocenters. The quantitative estimate of drug-likeness (QED) is 0.322. The molecule has 1 aliphatic heterocycles. The summed E-state index contributed by atoms with van der Waals surface area (Å²) in [5.41, 5.74) is 2.59. The highest BCUT2D eigenvalue weighted by Crippen LogP contribution is 2.32. The Bertz CT molecular complexity index is 444. The molecule has 0 spiro atoms. The van der Waals surface area contributed by atoms with E-state index in [0.717, 1.165) is 38.1 Å². The zero-order valence-electron chi connectivity index (χ0n) is 13.0. The number of hydrogen-bond acceptors (Lipinski definition) is 7. The number of nitrogens with one attached hydrogen (secondary N) is 2. The van der Waals surface area contributed by atoms with E-state index in [9.17, 15) is 0 Å². The largest absolute Gasteiger partial charge is 0.375 e. The fraction of sp³-hybridized carbons (Fsp3) is 0.714. The van der Waals surface area contributed by atoms with Crippen LogP contribution < -0.4 is 16.6 Å². The van der Waals surface area contributed by atoms with Crippen LogP contribution in [0.25, 0.3) is 0 Å². The first-order chi connectivity index (χ1) is 10.1. The summed E-state index contributed by atoms with van der Waals surface area (Å²) in [6.07, 6.45) is 6.02. The Kier molecular flexibility index (Phi) is 5.66. The van der Waals surface area contributed by atoms with Gasteiger partial charge in [0.15, 0.2) is 5.16 Å². The van der Waals surface area contributed by atoms with Crippen LogP contribution in [0.5, 0.6) is 0 Å². The van der Waals surface area contributed by atoms with Crippen molar-refractivity contribution in [1.29, 1.82) is 0 Å². The molecule has 1 fully saturated rings. The van der Waals surface area contributed by atoms with E-state index in [4.69, 9.17) is 10.6 Å². The SMILES string of the molecule is CCC1(CC)CC(Nc2cc(NN)nc(SC)n2)CCO1. The fourth-order valence-electron chi connectivity index (χ4n) is 2.77. The highest BCUT2D eigenvalue weighted by Gasteiger charge is 2.34. The van der Waals surface area contributed by atoms with Crippen LogP contribution in [-0.2, 0) is 4.74 Å². The highest BCUT2D eigenvalue weighted by atomic mass is 32.2. The molecule has 1 aliphatic rings. The number of ether oxygens (including phenoxy) is 1. The molecule has 0 saturated carbocycles. The lowest BCUT2D eigenvalue weighted by atomic mass is 9.86. The first kappa shape index (κ1) is 16.3. The van der Waals surface area contributed by atoms with Crippen LogP contribution in [0.15, 0.2) is 11.2 Å². The predicted molar refractivity (Wildman–Crippen MR) is 87.5 cm³/mol. The van der Waals surface area contributed by atoms with Crippen molar-refractivity contribution < 1.29 is 4.74 Å². The van der Waals surface area contributed by atoms with Crippen LogP contribution in [0.3, 0.4) is 0 Å². The molecule has 2 rings (SSSR count). The molecular weight excluding hydrogens is 286 g/mol. The average Bonchev–Trinajstić information content (AvgIpc) is 2.54. The summed E-state index contributed by atoms with van der Waals surface area (Å²) in [5, 5.41) is 4.22. The van der Waals surface area contributed by atoms with Gasteiger partial charge in [-0.2, -0.15) is 0 Å². The number of rotatable bonds is 6. The van der Waals surface area contributed by atoms with E-state index in [1.54, 1.807) is 0 Å². The van der Waals surface area contributed by atoms with Crippen LogP contribution in [0.1, 0.15) is 39.5 Å². The van der Waals surface area contributed by atoms with Gasteiger partial charge in [0.1, 0.15) is 11.6 Å². The van der Waals surface area contributed by atoms with E-state index in [2.05, 4.69) is 34.6 Å². The van der Waals surface area contributed by atoms with E-state index in [-0.39, 0.29) is 5.60 Å². The van der Waals surface area contributed by atoms with Crippen molar-refractivity contribution in [2.24, 2.45) is 5.84 Å². The second-order valence-corrected chi connectivity index (χ2v) is 6.12. The number of anilines is 2. The molecule has 0 aromatic carbocycles. The highest BCUT2D eigenvalue weighted by molar-refractivity contribution is 7.98. The van der Waals surface area contributed by atoms with Crippen LogP contribution in [-0.4, -0.2) is 34.5 Å². The normalized spacial score (nSPS) is 21.0. The Morgan fingerprint density at radius 1 is 1.38 bits per heavy atom. The average molecular weight is 311 g/mol. The van der Waals surface area contributed by atoms with E-state index < -0.39 is 0 Å². The molecule has 1 aromatic heterocycles. The predicted octanol–water partition coefficient (Wildman–Crippen LogP) is 2.63. The summed E-state index contributed by atoms with van der Waals surface area (Å²) < 4.78 is 6.01. The Labute approximate surface area is 130 Å². The molecule has 7 heteroatoms. The van der Waals surface area contributed by atoms with Crippen molar-refractivity contribution in [1.82, 2.24) is 9.97 Å². The third-order valence-corrected chi connectivity index (χ3v) is 4.72. The Morgan fingerprint density at radius 2 is 2.10 bits per heavy atom. The smallest absolute Gasteiger partial charge is 0.191 e. The minimum atomic E-state index is 0.000229. The van der Waals surface area contributed by atoms with Crippen molar-refractivity contribution in [3.63, 3.8) is 0 Å². The van der Waals surface area contributed by atoms with Gasteiger partial charge in [0.25, 0.3) is 0 Å². The summed E-state index contributed by atoms with van der Waals surface area (Å²) in [5.74, 6) is 6.91. The minimum absolute atomic E-state index is 0.000229. The molecule has 4 N–H and O–H groups in total. The number of thioether (sulfide) groups is 1. The van der Waals surface area contributed by atoms with Crippen LogP contribution in [0.2, 0.25) is 0 Å². The maximum atomic E-state index is 6.01. The van der Waals surface area contributed by atoms with Crippen molar-refractivity contribution in [2.75, 3.05) is 23.6 Å². The first-order valence-corrected chi connectivity index (χ1v) is 8.67. The minimum Gasteiger partial charge on any atom is -0.375 e. The van der Waals surface area contributed by atoms with E-state index in [0.29, 0.717) is 17.0 Å². The molecule has 0 amide bonds. The molecule has 0 radical (unpaired) electrons. The van der Waals surface area contributed by atoms with Gasteiger partial charge >= 0.3 is 0 Å². The topological polar surface area (TPSA) is 85.1 Å². The van der Waals surface area contributed by atoms with Gasteiger partial charge in [0, 0.05) is 18.7 Å². The Morgan fingerprint density at radius 3 is 2.71 bits per heavy atom. The first-order valence-electron chi connectivity index (χ1n) is 7.45. The van der Waals surface area contributed by atoms with Crippen molar-refractivity contribution in [3.05, 3.63) is 6.07 Å². The van der Waals surface area contributed by atoms with Gasteiger partial charge < -0.3 is 15.5 Å². The molecule has 0 bridgehead atoms. The van der Waals surface area contributed by atoms with Crippen molar-refractivity contribution in [3.8, 4) is 0 Å². The summed E-state index contributed by atoms with van der Waals surface area (Å²) in [4.78, 5) is 8.77. The lowest BCUT2D eigenvalue weighted by molar-refractivity contribution is -0.0864. The number of hydrogen-bond donors (Lipinski definition) is 3. The van der Waals surface area contributed by atoms with Gasteiger partial charge in [-0.05, 0) is 31.9 Å². The standard InChI is InChI=1S/C14H25N5OS/c1-4-14(5-2)9-10(6-7-20-14)16-11-8-12(19-15)18-13(17-11)21-3/h8,10H,4-7,9,15H2,1-3H3,(H2,16,17,18,19). The molecule has 21 heavy (non-hydrogen) atoms. The molecule has 118 valence electrons. The zero-order valence-corrected chi connectivity index (χ0v) is 13.8. The molecule has 0 aliphatic carbocycles. The molecule has 6 nitrogen and oxygen atoms in total. The van der Waals surface area contributed by atoms with E-state index >= 15 is 0 Å². The molecular formula is C14H25N5OS. The van der Waals surface area contributed by atoms with Gasteiger partial charge in [0.2, 0.25) is 0 Å². The second kappa shape index (κ2) is 7.29. The number of hydrazine groups is 1. The van der Waals surface area contributed by atoms with Gasteiger partial charge in [-0.1, -0.05) is 25.6 Å². The fourth-order valence-corrected chi connectivity index (χ4v) is 3.15. The van der Waals surface area contributed by atoms with Gasteiger partial charge in [0.05, 0.1) is 5.60 Å². The monoisotopic (exact) mass is 311 g/mol. The molecule has 1 atom stereocenters. The molecule has 2 heterocycles. The third kappa shape index (κ3) is 3.99. The summed E-state index contributed by atoms with van der Waals surface area (Å²) in [7, 11) is 0. The maximum absolute atomic E-state index is 6.01. The summed E-state index contributed by atoms with van der Waals surface area (Å²) >= 11 is 1.50. The number of aromatic nitrogens is 2. The lowest BCUT2D eigenvalue weighted by Crippen LogP contribution is -2.43. The number of nitrogens with two attached hydrogens (primary N) is 1. The van der Waals surface area contributed by atoms with Crippen LogP contribution >= 0.6 is 11.8 Å². The Hall–Kier alpha value is -1.05. The summed E-state index contributed by atoms with van der Waals surface area (Å²) in [6.45, 7) is 5.18. The van der Waals surface area contributed by atoms with Gasteiger partial charge in [-0.15, -0.1) is 0 Å². The van der Waals surface area contributed by atoms with E-state index in [1.807, 2.05) is 12.3 Å². The maximum Gasteiger partial charge on any atom is 0.191 e. The van der Waals surface area contributed by atoms with Gasteiger partial charge in [-0.25, -0.2) is 15.8 Å². The second-order valence-electron chi connectivity index (χ2n) is 5.34. The van der Waals surface area contributed by atoms with Crippen LogP contribution in [0, 0.1) is 0 Å². The zero-order chi connectivity index (χ0) is 15.3. The number of nitrogens with zero attached hydrogens (tertiary/aromatic N) is 2. The third-order valence-electron chi connectivity index (χ3n) is 4.17. The van der Waals surface area contributed by atoms with Crippen LogP contribution in [0.4, 0.5) is 11.6 Å². The molecule has 1 saturated heterocycles. The lowest BCUT2D eigenvalue weighted by Gasteiger charge is -2.40. The van der Waals surface area contributed by atoms with Gasteiger partial charge in [-0.3, -0.25) is 0 Å². The Balaban J connectivity index is 2.10. The van der Waals surface area contributed by atoms with Crippen molar-refractivity contribution in [2.45, 2.75) is 56.3 Å².